The van der Waals surface area contributed by atoms with Gasteiger partial charge >= 0.3 is 5.97 Å². The van der Waals surface area contributed by atoms with Crippen molar-refractivity contribution in [3.63, 3.8) is 0 Å². The Morgan fingerprint density at radius 2 is 2.06 bits per heavy atom. The smallest absolute Gasteiger partial charge is 0.338 e. The third-order valence-electron chi connectivity index (χ3n) is 2.90. The maximum atomic E-state index is 11.4. The van der Waals surface area contributed by atoms with E-state index in [-0.39, 0.29) is 6.54 Å². The Morgan fingerprint density at radius 3 is 2.61 bits per heavy atom. The van der Waals surface area contributed by atoms with Gasteiger partial charge in [0.25, 0.3) is 0 Å². The molecule has 0 aliphatic carbocycles. The summed E-state index contributed by atoms with van der Waals surface area (Å²) in [6, 6.07) is 8.05. The van der Waals surface area contributed by atoms with Gasteiger partial charge in [0.2, 0.25) is 0 Å². The molecule has 0 bridgehead atoms. The van der Waals surface area contributed by atoms with E-state index in [2.05, 4.69) is 4.74 Å². The lowest BCUT2D eigenvalue weighted by atomic mass is 10.1. The number of likely N-dealkylation sites (N-methyl/N-ethyl adjacent to an activating group) is 1. The van der Waals surface area contributed by atoms with Crippen LogP contribution in [0.1, 0.15) is 18.1 Å². The minimum Gasteiger partial charge on any atom is -0.467 e. The van der Waals surface area contributed by atoms with Gasteiger partial charge in [-0.25, -0.2) is 4.79 Å². The molecule has 0 fully saturated rings. The average Bonchev–Trinajstić information content (AvgIpc) is 2.30. The molecule has 1 unspecified atom stereocenters. The van der Waals surface area contributed by atoms with Crippen LogP contribution in [0.25, 0.3) is 0 Å². The van der Waals surface area contributed by atoms with Gasteiger partial charge in [-0.3, -0.25) is 4.90 Å². The molecular formula is C14H21NO3. The molecule has 0 heterocycles. The number of hydrogen-bond acceptors (Lipinski definition) is 4. The molecule has 100 valence electrons. The fraction of sp³-hybridized carbons (Fsp3) is 0.500. The summed E-state index contributed by atoms with van der Waals surface area (Å²) in [5.74, 6) is -0.612. The van der Waals surface area contributed by atoms with Gasteiger partial charge in [-0.05, 0) is 32.0 Å². The molecule has 1 rings (SSSR count). The van der Waals surface area contributed by atoms with Crippen LogP contribution in [0.4, 0.5) is 0 Å². The topological polar surface area (TPSA) is 49.8 Å². The van der Waals surface area contributed by atoms with Crippen LogP contribution < -0.4 is 0 Å². The standard InChI is InChI=1S/C14H21NO3/c1-11-7-5-6-8-12(11)9-15(3)10-14(2,17)13(16)18-4/h5-8,17H,9-10H2,1-4H3. The second-order valence-electron chi connectivity index (χ2n) is 4.86. The zero-order valence-electron chi connectivity index (χ0n) is 11.4. The van der Waals surface area contributed by atoms with Crippen molar-refractivity contribution in [2.75, 3.05) is 20.7 Å². The predicted octanol–water partition coefficient (Wildman–Crippen LogP) is 1.35. The van der Waals surface area contributed by atoms with Crippen molar-refractivity contribution in [3.05, 3.63) is 35.4 Å². The predicted molar refractivity (Wildman–Crippen MR) is 70.2 cm³/mol. The first-order chi connectivity index (χ1) is 8.36. The molecule has 1 aromatic carbocycles. The highest BCUT2D eigenvalue weighted by molar-refractivity contribution is 5.78. The van der Waals surface area contributed by atoms with E-state index in [0.29, 0.717) is 6.54 Å². The highest BCUT2D eigenvalue weighted by Gasteiger charge is 2.32. The lowest BCUT2D eigenvalue weighted by molar-refractivity contribution is -0.162. The van der Waals surface area contributed by atoms with Crippen LogP contribution in [0.5, 0.6) is 0 Å². The van der Waals surface area contributed by atoms with E-state index < -0.39 is 11.6 Å². The SMILES string of the molecule is COC(=O)C(C)(O)CN(C)Cc1ccccc1C. The first kappa shape index (κ1) is 14.7. The van der Waals surface area contributed by atoms with Crippen molar-refractivity contribution in [1.29, 1.82) is 0 Å². The largest absolute Gasteiger partial charge is 0.467 e. The van der Waals surface area contributed by atoms with E-state index in [9.17, 15) is 9.90 Å². The van der Waals surface area contributed by atoms with E-state index in [0.717, 1.165) is 0 Å². The number of methoxy groups -OCH3 is 1. The molecule has 4 heteroatoms. The Kier molecular flexibility index (Phi) is 4.87. The Hall–Kier alpha value is -1.39. The Labute approximate surface area is 108 Å². The first-order valence-electron chi connectivity index (χ1n) is 5.90. The molecule has 1 N–H and O–H groups in total. The van der Waals surface area contributed by atoms with Gasteiger partial charge in [-0.1, -0.05) is 24.3 Å². The molecular weight excluding hydrogens is 230 g/mol. The Bertz CT molecular complexity index is 415. The van der Waals surface area contributed by atoms with Gasteiger partial charge in [0, 0.05) is 13.1 Å². The van der Waals surface area contributed by atoms with Crippen LogP contribution in [0.15, 0.2) is 24.3 Å². The molecule has 0 saturated carbocycles. The number of ether oxygens (including phenoxy) is 1. The van der Waals surface area contributed by atoms with E-state index >= 15 is 0 Å². The van der Waals surface area contributed by atoms with Crippen molar-refractivity contribution in [1.82, 2.24) is 4.90 Å². The summed E-state index contributed by atoms with van der Waals surface area (Å²) in [4.78, 5) is 13.3. The van der Waals surface area contributed by atoms with Crippen LogP contribution in [-0.2, 0) is 16.1 Å². The summed E-state index contributed by atoms with van der Waals surface area (Å²) in [5.41, 5.74) is 0.898. The number of aliphatic hydroxyl groups is 1. The maximum absolute atomic E-state index is 11.4. The normalized spacial score (nSPS) is 14.3. The number of rotatable bonds is 5. The molecule has 0 saturated heterocycles. The van der Waals surface area contributed by atoms with Crippen LogP contribution in [-0.4, -0.2) is 42.3 Å². The van der Waals surface area contributed by atoms with E-state index in [1.54, 1.807) is 0 Å². The number of carbonyl (C=O) groups is 1. The quantitative estimate of drug-likeness (QED) is 0.803. The molecule has 1 aromatic rings. The molecule has 0 amide bonds. The Morgan fingerprint density at radius 1 is 1.44 bits per heavy atom. The van der Waals surface area contributed by atoms with E-state index in [1.807, 2.05) is 43.1 Å². The number of carbonyl (C=O) groups excluding carboxylic acids is 1. The minimum atomic E-state index is -1.48. The van der Waals surface area contributed by atoms with Crippen molar-refractivity contribution in [2.45, 2.75) is 26.0 Å². The third kappa shape index (κ3) is 3.82. The van der Waals surface area contributed by atoms with Gasteiger partial charge in [0.1, 0.15) is 0 Å². The molecule has 18 heavy (non-hydrogen) atoms. The van der Waals surface area contributed by atoms with Crippen LogP contribution >= 0.6 is 0 Å². The summed E-state index contributed by atoms with van der Waals surface area (Å²) in [7, 11) is 3.14. The number of esters is 1. The van der Waals surface area contributed by atoms with Crippen molar-refractivity contribution in [3.8, 4) is 0 Å². The van der Waals surface area contributed by atoms with Gasteiger partial charge < -0.3 is 9.84 Å². The van der Waals surface area contributed by atoms with Crippen LogP contribution in [0.3, 0.4) is 0 Å². The van der Waals surface area contributed by atoms with Crippen LogP contribution in [0, 0.1) is 6.92 Å². The molecule has 0 spiro atoms. The summed E-state index contributed by atoms with van der Waals surface area (Å²) in [6.45, 7) is 4.42. The number of hydrogen-bond donors (Lipinski definition) is 1. The molecule has 1 atom stereocenters. The molecule has 0 aliphatic heterocycles. The summed E-state index contributed by atoms with van der Waals surface area (Å²) in [5, 5.41) is 9.98. The Balaban J connectivity index is 2.65. The van der Waals surface area contributed by atoms with E-state index in [4.69, 9.17) is 0 Å². The summed E-state index contributed by atoms with van der Waals surface area (Å²) < 4.78 is 4.57. The highest BCUT2D eigenvalue weighted by atomic mass is 16.5. The molecule has 0 aromatic heterocycles. The fourth-order valence-electron chi connectivity index (χ4n) is 1.94. The van der Waals surface area contributed by atoms with Gasteiger partial charge in [-0.2, -0.15) is 0 Å². The zero-order chi connectivity index (χ0) is 13.8. The van der Waals surface area contributed by atoms with Gasteiger partial charge in [0.15, 0.2) is 5.60 Å². The summed E-state index contributed by atoms with van der Waals surface area (Å²) in [6.07, 6.45) is 0. The molecule has 4 nitrogen and oxygen atoms in total. The highest BCUT2D eigenvalue weighted by Crippen LogP contribution is 2.13. The summed E-state index contributed by atoms with van der Waals surface area (Å²) >= 11 is 0. The van der Waals surface area contributed by atoms with Crippen molar-refractivity contribution >= 4 is 5.97 Å². The van der Waals surface area contributed by atoms with Crippen molar-refractivity contribution in [2.24, 2.45) is 0 Å². The number of nitrogens with zero attached hydrogens (tertiary/aromatic N) is 1. The van der Waals surface area contributed by atoms with Crippen molar-refractivity contribution < 1.29 is 14.6 Å². The van der Waals surface area contributed by atoms with Gasteiger partial charge in [-0.15, -0.1) is 0 Å². The second kappa shape index (κ2) is 5.98. The third-order valence-corrected chi connectivity index (χ3v) is 2.90. The monoisotopic (exact) mass is 251 g/mol. The second-order valence-corrected chi connectivity index (χ2v) is 4.86. The molecule has 0 aliphatic rings. The van der Waals surface area contributed by atoms with E-state index in [1.165, 1.54) is 25.2 Å². The first-order valence-corrected chi connectivity index (χ1v) is 5.90. The number of benzene rings is 1. The average molecular weight is 251 g/mol. The zero-order valence-corrected chi connectivity index (χ0v) is 11.4. The minimum absolute atomic E-state index is 0.230. The van der Waals surface area contributed by atoms with Gasteiger partial charge in [0.05, 0.1) is 7.11 Å². The number of aryl methyl sites for hydroxylation is 1. The lowest BCUT2D eigenvalue weighted by Crippen LogP contribution is -2.46. The van der Waals surface area contributed by atoms with Crippen LogP contribution in [0.2, 0.25) is 0 Å². The maximum Gasteiger partial charge on any atom is 0.338 e. The fourth-order valence-corrected chi connectivity index (χ4v) is 1.94. The lowest BCUT2D eigenvalue weighted by Gasteiger charge is -2.27. The molecule has 0 radical (unpaired) electrons.